The maximum absolute atomic E-state index is 12.6. The van der Waals surface area contributed by atoms with E-state index in [0.717, 1.165) is 51.9 Å². The van der Waals surface area contributed by atoms with Crippen molar-refractivity contribution in [3.63, 3.8) is 0 Å². The van der Waals surface area contributed by atoms with Gasteiger partial charge in [-0.25, -0.2) is 0 Å². The number of benzene rings is 1. The quantitative estimate of drug-likeness (QED) is 0.914. The van der Waals surface area contributed by atoms with Crippen molar-refractivity contribution in [1.29, 1.82) is 0 Å². The Morgan fingerprint density at radius 2 is 1.88 bits per heavy atom. The molecule has 3 fully saturated rings. The van der Waals surface area contributed by atoms with Crippen LogP contribution in [-0.2, 0) is 16.1 Å². The minimum Gasteiger partial charge on any atom is -0.380 e. The number of ether oxygens (including phenoxy) is 1. The van der Waals surface area contributed by atoms with Crippen LogP contribution < -0.4 is 5.32 Å². The molecule has 1 aromatic carbocycles. The lowest BCUT2D eigenvalue weighted by atomic mass is 9.77. The Labute approximate surface area is 150 Å². The summed E-state index contributed by atoms with van der Waals surface area (Å²) in [6.07, 6.45) is 7.52. The molecule has 4 rings (SSSR count). The van der Waals surface area contributed by atoms with E-state index in [1.807, 2.05) is 0 Å². The van der Waals surface area contributed by atoms with Crippen molar-refractivity contribution in [2.45, 2.75) is 76.0 Å². The Morgan fingerprint density at radius 1 is 1.12 bits per heavy atom. The Morgan fingerprint density at radius 3 is 2.56 bits per heavy atom. The molecule has 0 aromatic heterocycles. The number of hydrogen-bond donors (Lipinski definition) is 1. The van der Waals surface area contributed by atoms with Crippen molar-refractivity contribution in [1.82, 2.24) is 10.2 Å². The van der Waals surface area contributed by atoms with Gasteiger partial charge in [-0.05, 0) is 51.0 Å². The first kappa shape index (κ1) is 17.0. The molecule has 1 saturated carbocycles. The van der Waals surface area contributed by atoms with Crippen LogP contribution in [0.3, 0.4) is 0 Å². The van der Waals surface area contributed by atoms with Crippen molar-refractivity contribution in [3.8, 4) is 0 Å². The fourth-order valence-corrected chi connectivity index (χ4v) is 4.85. The van der Waals surface area contributed by atoms with Gasteiger partial charge in [0.1, 0.15) is 0 Å². The molecule has 25 heavy (non-hydrogen) atoms. The molecular formula is C21H30N2O2. The molecule has 1 atom stereocenters. The fraction of sp³-hybridized carbons (Fsp3) is 0.667. The van der Waals surface area contributed by atoms with E-state index < -0.39 is 0 Å². The third-order valence-corrected chi connectivity index (χ3v) is 6.46. The number of nitrogens with zero attached hydrogens (tertiary/aromatic N) is 1. The monoisotopic (exact) mass is 342 g/mol. The van der Waals surface area contributed by atoms with Gasteiger partial charge in [-0.2, -0.15) is 0 Å². The highest BCUT2D eigenvalue weighted by Gasteiger charge is 2.47. The summed E-state index contributed by atoms with van der Waals surface area (Å²) in [6, 6.07) is 9.76. The van der Waals surface area contributed by atoms with Crippen molar-refractivity contribution >= 4 is 5.91 Å². The van der Waals surface area contributed by atoms with Gasteiger partial charge in [0.15, 0.2) is 0 Å². The van der Waals surface area contributed by atoms with E-state index >= 15 is 0 Å². The minimum absolute atomic E-state index is 0.103. The van der Waals surface area contributed by atoms with Crippen LogP contribution in [0.25, 0.3) is 0 Å². The van der Waals surface area contributed by atoms with Crippen LogP contribution in [0.2, 0.25) is 0 Å². The van der Waals surface area contributed by atoms with Gasteiger partial charge in [-0.1, -0.05) is 29.8 Å². The third-order valence-electron chi connectivity index (χ3n) is 6.46. The molecule has 0 radical (unpaired) electrons. The number of rotatable bonds is 4. The average molecular weight is 342 g/mol. The number of carbonyl (C=O) groups excluding carboxylic acids is 1. The maximum Gasteiger partial charge on any atom is 0.223 e. The van der Waals surface area contributed by atoms with Crippen LogP contribution in [0.4, 0.5) is 0 Å². The molecule has 2 aliphatic heterocycles. The smallest absolute Gasteiger partial charge is 0.223 e. The van der Waals surface area contributed by atoms with Gasteiger partial charge in [-0.3, -0.25) is 4.79 Å². The Bertz CT molecular complexity index is 599. The summed E-state index contributed by atoms with van der Waals surface area (Å²) in [6.45, 7) is 4.64. The van der Waals surface area contributed by atoms with Crippen LogP contribution in [-0.4, -0.2) is 41.6 Å². The molecular weight excluding hydrogens is 312 g/mol. The molecule has 3 aliphatic rings. The normalized spacial score (nSPS) is 32.7. The van der Waals surface area contributed by atoms with Crippen LogP contribution in [0.5, 0.6) is 0 Å². The number of nitrogens with one attached hydrogen (secondary N) is 1. The highest BCUT2D eigenvalue weighted by Crippen LogP contribution is 2.43. The molecule has 136 valence electrons. The lowest BCUT2D eigenvalue weighted by Gasteiger charge is -2.44. The predicted molar refractivity (Wildman–Crippen MR) is 98.3 cm³/mol. The van der Waals surface area contributed by atoms with Gasteiger partial charge in [0.05, 0.1) is 6.61 Å². The molecule has 2 heterocycles. The zero-order valence-electron chi connectivity index (χ0n) is 15.3. The summed E-state index contributed by atoms with van der Waals surface area (Å²) in [4.78, 5) is 14.8. The lowest BCUT2D eigenvalue weighted by molar-refractivity contribution is -0.133. The molecule has 1 N–H and O–H groups in total. The van der Waals surface area contributed by atoms with Crippen molar-refractivity contribution in [2.75, 3.05) is 13.2 Å². The van der Waals surface area contributed by atoms with E-state index in [2.05, 4.69) is 41.4 Å². The van der Waals surface area contributed by atoms with Gasteiger partial charge in [0.25, 0.3) is 0 Å². The van der Waals surface area contributed by atoms with E-state index in [-0.39, 0.29) is 5.54 Å². The van der Waals surface area contributed by atoms with Gasteiger partial charge < -0.3 is 15.0 Å². The molecule has 1 aromatic rings. The van der Waals surface area contributed by atoms with E-state index in [9.17, 15) is 4.79 Å². The Kier molecular flexibility index (Phi) is 4.83. The predicted octanol–water partition coefficient (Wildman–Crippen LogP) is 3.18. The van der Waals surface area contributed by atoms with Crippen molar-refractivity contribution < 1.29 is 9.53 Å². The topological polar surface area (TPSA) is 41.6 Å². The first-order valence-corrected chi connectivity index (χ1v) is 9.84. The second kappa shape index (κ2) is 7.08. The van der Waals surface area contributed by atoms with Crippen molar-refractivity contribution in [3.05, 3.63) is 35.4 Å². The largest absolute Gasteiger partial charge is 0.380 e. The molecule has 1 aliphatic carbocycles. The SMILES string of the molecule is Cc1ccc(CN2C(=O)CCC23CCC(N[C@@H]2CCOC2)CC3)cc1. The summed E-state index contributed by atoms with van der Waals surface area (Å²) >= 11 is 0. The van der Waals surface area contributed by atoms with E-state index in [4.69, 9.17) is 4.74 Å². The number of hydrogen-bond acceptors (Lipinski definition) is 3. The summed E-state index contributed by atoms with van der Waals surface area (Å²) in [5.41, 5.74) is 2.63. The second-order valence-corrected chi connectivity index (χ2v) is 8.19. The summed E-state index contributed by atoms with van der Waals surface area (Å²) < 4.78 is 5.48. The van der Waals surface area contributed by atoms with Gasteiger partial charge in [0, 0.05) is 37.2 Å². The first-order valence-electron chi connectivity index (χ1n) is 9.84. The maximum atomic E-state index is 12.6. The second-order valence-electron chi connectivity index (χ2n) is 8.19. The molecule has 4 heteroatoms. The van der Waals surface area contributed by atoms with Gasteiger partial charge >= 0.3 is 0 Å². The molecule has 0 unspecified atom stereocenters. The molecule has 1 amide bonds. The highest BCUT2D eigenvalue weighted by atomic mass is 16.5. The fourth-order valence-electron chi connectivity index (χ4n) is 4.85. The number of aryl methyl sites for hydroxylation is 1. The van der Waals surface area contributed by atoms with Crippen LogP contribution >= 0.6 is 0 Å². The summed E-state index contributed by atoms with van der Waals surface area (Å²) in [5, 5.41) is 3.78. The van der Waals surface area contributed by atoms with E-state index in [0.29, 0.717) is 18.0 Å². The first-order chi connectivity index (χ1) is 12.1. The van der Waals surface area contributed by atoms with Gasteiger partial charge in [-0.15, -0.1) is 0 Å². The highest BCUT2D eigenvalue weighted by molar-refractivity contribution is 5.79. The lowest BCUT2D eigenvalue weighted by Crippen LogP contribution is -2.51. The Hall–Kier alpha value is -1.39. The van der Waals surface area contributed by atoms with Crippen LogP contribution in [0, 0.1) is 6.92 Å². The molecule has 1 spiro atoms. The number of carbonyl (C=O) groups is 1. The minimum atomic E-state index is 0.103. The van der Waals surface area contributed by atoms with E-state index in [1.54, 1.807) is 0 Å². The third kappa shape index (κ3) is 3.61. The van der Waals surface area contributed by atoms with Crippen molar-refractivity contribution in [2.24, 2.45) is 0 Å². The summed E-state index contributed by atoms with van der Waals surface area (Å²) in [7, 11) is 0. The zero-order chi connectivity index (χ0) is 17.3. The number of likely N-dealkylation sites (tertiary alicyclic amines) is 1. The van der Waals surface area contributed by atoms with Gasteiger partial charge in [0.2, 0.25) is 5.91 Å². The van der Waals surface area contributed by atoms with E-state index in [1.165, 1.54) is 24.0 Å². The molecule has 4 nitrogen and oxygen atoms in total. The standard InChI is InChI=1S/C21H30N2O2/c1-16-2-4-17(5-3-16)14-23-20(24)8-12-21(23)10-6-18(7-11-21)22-19-9-13-25-15-19/h2-5,18-19,22H,6-15H2,1H3/t18?,19-,21?/m1/s1. The van der Waals surface area contributed by atoms with Crippen LogP contribution in [0.15, 0.2) is 24.3 Å². The summed E-state index contributed by atoms with van der Waals surface area (Å²) in [5.74, 6) is 0.344. The zero-order valence-corrected chi connectivity index (χ0v) is 15.3. The number of amides is 1. The molecule has 0 bridgehead atoms. The van der Waals surface area contributed by atoms with Crippen LogP contribution in [0.1, 0.15) is 56.1 Å². The average Bonchev–Trinajstić information content (AvgIpc) is 3.23. The Balaban J connectivity index is 1.40. The molecule has 2 saturated heterocycles.